The van der Waals surface area contributed by atoms with Crippen LogP contribution < -0.4 is 10.0 Å². The maximum absolute atomic E-state index is 13.2. The lowest BCUT2D eigenvalue weighted by Gasteiger charge is -2.34. The van der Waals surface area contributed by atoms with Crippen molar-refractivity contribution < 1.29 is 9.59 Å². The number of benzene rings is 1. The van der Waals surface area contributed by atoms with Crippen LogP contribution >= 0.6 is 23.3 Å². The summed E-state index contributed by atoms with van der Waals surface area (Å²) in [4.78, 5) is 36.8. The molecule has 0 saturated heterocycles. The first kappa shape index (κ1) is 43.2. The van der Waals surface area contributed by atoms with Gasteiger partial charge in [-0.05, 0) is 104 Å². The molecule has 2 aliphatic carbocycles. The van der Waals surface area contributed by atoms with Gasteiger partial charge in [0.15, 0.2) is 5.84 Å². The Balaban J connectivity index is 0.00000209. The predicted octanol–water partition coefficient (Wildman–Crippen LogP) is 11.1. The Hall–Kier alpha value is -2.97. The van der Waals surface area contributed by atoms with Crippen molar-refractivity contribution in [2.24, 2.45) is 27.7 Å². The maximum atomic E-state index is 13.2. The van der Waals surface area contributed by atoms with Crippen molar-refractivity contribution in [3.63, 3.8) is 0 Å². The Morgan fingerprint density at radius 3 is 2.24 bits per heavy atom. The molecule has 0 spiro atoms. The van der Waals surface area contributed by atoms with Gasteiger partial charge in [0.2, 0.25) is 0 Å². The van der Waals surface area contributed by atoms with Crippen LogP contribution in [0.4, 0.5) is 0 Å². The van der Waals surface area contributed by atoms with Crippen molar-refractivity contribution in [2.75, 3.05) is 6.26 Å². The van der Waals surface area contributed by atoms with Crippen LogP contribution in [0.1, 0.15) is 139 Å². The van der Waals surface area contributed by atoms with Gasteiger partial charge in [-0.15, -0.1) is 11.3 Å². The summed E-state index contributed by atoms with van der Waals surface area (Å²) in [5.41, 5.74) is 4.36. The SMILES string of the molecule is C=NC(=N/C=C(\C)C1=CCC(C2CCC(C)CC2)CC1)c1ccc(CC(NC(=O)c2ccc(C(C)(C)CC)s2)C(=O)NSC)cc1.CC.CC. The third-order valence-electron chi connectivity index (χ3n) is 10.1. The molecule has 0 aliphatic heterocycles. The van der Waals surface area contributed by atoms with Crippen LogP contribution in [0.3, 0.4) is 0 Å². The minimum absolute atomic E-state index is 0.00153. The number of rotatable bonds is 12. The van der Waals surface area contributed by atoms with E-state index in [1.807, 2.05) is 70.3 Å². The van der Waals surface area contributed by atoms with E-state index < -0.39 is 6.04 Å². The molecular weight excluding hydrogens is 657 g/mol. The Morgan fingerprint density at radius 2 is 1.68 bits per heavy atom. The lowest BCUT2D eigenvalue weighted by Crippen LogP contribution is -2.46. The fraction of sp³-hybridized carbons (Fsp3) is 0.571. The van der Waals surface area contributed by atoms with Gasteiger partial charge in [0.05, 0.1) is 4.88 Å². The highest BCUT2D eigenvalue weighted by Gasteiger charge is 2.28. The molecule has 2 unspecified atom stereocenters. The maximum Gasteiger partial charge on any atom is 0.262 e. The molecule has 1 saturated carbocycles. The number of amidine groups is 1. The zero-order valence-corrected chi connectivity index (χ0v) is 34.2. The molecule has 8 heteroatoms. The van der Waals surface area contributed by atoms with E-state index in [0.29, 0.717) is 17.1 Å². The highest BCUT2D eigenvalue weighted by Crippen LogP contribution is 2.40. The van der Waals surface area contributed by atoms with Crippen LogP contribution in [0.15, 0.2) is 69.8 Å². The predicted molar refractivity (Wildman–Crippen MR) is 220 cm³/mol. The van der Waals surface area contributed by atoms with E-state index in [1.54, 1.807) is 6.26 Å². The number of thiophene rings is 1. The first-order valence-corrected chi connectivity index (χ1v) is 20.8. The molecule has 2 N–H and O–H groups in total. The Bertz CT molecular complexity index is 1450. The van der Waals surface area contributed by atoms with E-state index in [4.69, 9.17) is 4.99 Å². The lowest BCUT2D eigenvalue weighted by atomic mass is 9.71. The van der Waals surface area contributed by atoms with Gasteiger partial charge in [0, 0.05) is 29.3 Å². The average Bonchev–Trinajstić information content (AvgIpc) is 3.66. The number of carbonyl (C=O) groups excluding carboxylic acids is 2. The molecule has 50 heavy (non-hydrogen) atoms. The van der Waals surface area contributed by atoms with Gasteiger partial charge in [0.1, 0.15) is 6.04 Å². The number of nitrogens with one attached hydrogen (secondary N) is 2. The average molecular weight is 721 g/mol. The number of aliphatic imine (C=N–C) groups is 2. The summed E-state index contributed by atoms with van der Waals surface area (Å²) in [5, 5.41) is 2.97. The molecule has 1 heterocycles. The molecule has 276 valence electrons. The Morgan fingerprint density at radius 1 is 1.02 bits per heavy atom. The van der Waals surface area contributed by atoms with Gasteiger partial charge in [-0.25, -0.2) is 9.98 Å². The number of allylic oxidation sites excluding steroid dienone is 3. The molecule has 6 nitrogen and oxygen atoms in total. The van der Waals surface area contributed by atoms with Crippen molar-refractivity contribution in [3.05, 3.63) is 80.7 Å². The van der Waals surface area contributed by atoms with E-state index in [1.165, 1.54) is 73.0 Å². The fourth-order valence-electron chi connectivity index (χ4n) is 6.48. The van der Waals surface area contributed by atoms with Crippen LogP contribution in [0.2, 0.25) is 0 Å². The second kappa shape index (κ2) is 22.1. The van der Waals surface area contributed by atoms with Crippen LogP contribution in [0.25, 0.3) is 0 Å². The summed E-state index contributed by atoms with van der Waals surface area (Å²) < 4.78 is 2.79. The zero-order chi connectivity index (χ0) is 37.3. The minimum Gasteiger partial charge on any atom is -0.339 e. The summed E-state index contributed by atoms with van der Waals surface area (Å²) in [6.45, 7) is 22.8. The van der Waals surface area contributed by atoms with Gasteiger partial charge in [-0.1, -0.05) is 111 Å². The van der Waals surface area contributed by atoms with E-state index in [0.717, 1.165) is 46.6 Å². The third kappa shape index (κ3) is 12.7. The largest absolute Gasteiger partial charge is 0.339 e. The molecule has 4 rings (SSSR count). The molecule has 0 radical (unpaired) electrons. The number of nitrogens with zero attached hydrogens (tertiary/aromatic N) is 2. The van der Waals surface area contributed by atoms with Gasteiger partial charge in [-0.2, -0.15) is 0 Å². The molecule has 2 atom stereocenters. The highest BCUT2D eigenvalue weighted by molar-refractivity contribution is 7.97. The van der Waals surface area contributed by atoms with Gasteiger partial charge in [-0.3, -0.25) is 14.3 Å². The van der Waals surface area contributed by atoms with Gasteiger partial charge < -0.3 is 5.32 Å². The summed E-state index contributed by atoms with van der Waals surface area (Å²) >= 11 is 2.71. The second-order valence-electron chi connectivity index (χ2n) is 13.7. The number of hydrogen-bond acceptors (Lipinski definition) is 5. The summed E-state index contributed by atoms with van der Waals surface area (Å²) in [6, 6.07) is 11.0. The number of carbonyl (C=O) groups is 2. The van der Waals surface area contributed by atoms with Gasteiger partial charge >= 0.3 is 0 Å². The van der Waals surface area contributed by atoms with Crippen LogP contribution in [0.5, 0.6) is 0 Å². The molecule has 0 bridgehead atoms. The van der Waals surface area contributed by atoms with Crippen molar-refractivity contribution in [1.29, 1.82) is 0 Å². The second-order valence-corrected chi connectivity index (χ2v) is 15.4. The zero-order valence-electron chi connectivity index (χ0n) is 32.5. The van der Waals surface area contributed by atoms with E-state index in [9.17, 15) is 9.59 Å². The molecule has 2 aliphatic rings. The highest BCUT2D eigenvalue weighted by atomic mass is 32.2. The summed E-state index contributed by atoms with van der Waals surface area (Å²) in [5.74, 6) is 2.72. The molecule has 1 fully saturated rings. The topological polar surface area (TPSA) is 82.9 Å². The smallest absolute Gasteiger partial charge is 0.262 e. The van der Waals surface area contributed by atoms with Crippen molar-refractivity contribution >= 4 is 47.7 Å². The standard InChI is InChI=1S/C38H52N4O2S2.2C2H6/c1-8-38(4,5)34-22-21-33(46-34)37(44)41-32(36(43)42-45-7)23-27-11-15-31(16-12-27)35(39-6)40-24-26(3)28-17-19-30(20-18-28)29-13-9-25(2)10-14-29;2*1-2/h11-12,15-17,21-22,24-25,29-30,32H,6,8-10,13-14,18-20,23H2,1-5,7H3,(H,41,44)(H,42,43);2*1-2H3/b26-24+,40-35?;;. The first-order chi connectivity index (χ1) is 24.0. The van der Waals surface area contributed by atoms with E-state index in [2.05, 4.69) is 62.4 Å². The van der Waals surface area contributed by atoms with Gasteiger partial charge in [0.25, 0.3) is 11.8 Å². The van der Waals surface area contributed by atoms with Crippen molar-refractivity contribution in [1.82, 2.24) is 10.0 Å². The Labute approximate surface area is 312 Å². The number of amides is 2. The van der Waals surface area contributed by atoms with Crippen LogP contribution in [0, 0.1) is 17.8 Å². The molecular formula is C42H64N4O2S2. The summed E-state index contributed by atoms with van der Waals surface area (Å²) in [7, 11) is 0. The van der Waals surface area contributed by atoms with Crippen molar-refractivity contribution in [2.45, 2.75) is 132 Å². The minimum atomic E-state index is -0.711. The lowest BCUT2D eigenvalue weighted by molar-refractivity contribution is -0.121. The molecule has 2 aromatic rings. The van der Waals surface area contributed by atoms with E-state index >= 15 is 0 Å². The number of hydrogen-bond donors (Lipinski definition) is 2. The normalized spacial score (nSPS) is 20.2. The van der Waals surface area contributed by atoms with Crippen LogP contribution in [-0.2, 0) is 16.6 Å². The Kier molecular flexibility index (Phi) is 19.1. The molecule has 1 aromatic heterocycles. The molecule has 2 amide bonds. The third-order valence-corrected chi connectivity index (χ3v) is 11.9. The van der Waals surface area contributed by atoms with Crippen molar-refractivity contribution in [3.8, 4) is 0 Å². The summed E-state index contributed by atoms with van der Waals surface area (Å²) in [6.07, 6.45) is 16.6. The van der Waals surface area contributed by atoms with E-state index in [-0.39, 0.29) is 17.2 Å². The monoisotopic (exact) mass is 720 g/mol. The van der Waals surface area contributed by atoms with Crippen LogP contribution in [-0.4, -0.2) is 36.7 Å². The quantitative estimate of drug-likeness (QED) is 0.130. The first-order valence-electron chi connectivity index (χ1n) is 18.8. The fourth-order valence-corrected chi connectivity index (χ4v) is 7.90. The molecule has 1 aromatic carbocycles.